The molecule has 66 valence electrons. The fraction of sp³-hybridized carbons (Fsp3) is 0.667. The lowest BCUT2D eigenvalue weighted by Crippen LogP contribution is -2.15. The van der Waals surface area contributed by atoms with E-state index in [2.05, 4.69) is 23.8 Å². The molecule has 12 heavy (non-hydrogen) atoms. The Morgan fingerprint density at radius 1 is 1.50 bits per heavy atom. The summed E-state index contributed by atoms with van der Waals surface area (Å²) in [6.45, 7) is 4.50. The van der Waals surface area contributed by atoms with Crippen molar-refractivity contribution in [3.05, 3.63) is 11.4 Å². The van der Waals surface area contributed by atoms with Gasteiger partial charge in [0.05, 0.1) is 5.69 Å². The molecule has 0 saturated carbocycles. The van der Waals surface area contributed by atoms with Crippen molar-refractivity contribution in [3.63, 3.8) is 0 Å². The molecule has 1 aromatic rings. The second-order valence-electron chi connectivity index (χ2n) is 3.79. The average Bonchev–Trinajstić information content (AvgIpc) is 2.39. The Labute approximate surface area is 72.4 Å². The quantitative estimate of drug-likeness (QED) is 0.614. The Kier molecular flexibility index (Phi) is 1.60. The number of nitrogen functional groups attached to an aromatic ring is 1. The summed E-state index contributed by atoms with van der Waals surface area (Å²) < 4.78 is 0. The first-order valence-corrected chi connectivity index (χ1v) is 4.52. The van der Waals surface area contributed by atoms with Gasteiger partial charge in [0.25, 0.3) is 0 Å². The van der Waals surface area contributed by atoms with Crippen LogP contribution in [0.15, 0.2) is 0 Å². The molecule has 3 heteroatoms. The molecule has 1 aliphatic carbocycles. The SMILES string of the molecule is CC1CCc2[nH]c(N)nc2C1C. The van der Waals surface area contributed by atoms with Crippen molar-refractivity contribution in [2.24, 2.45) is 5.92 Å². The van der Waals surface area contributed by atoms with Crippen LogP contribution in [0, 0.1) is 5.92 Å². The lowest BCUT2D eigenvalue weighted by Gasteiger charge is -2.24. The first kappa shape index (κ1) is 7.65. The van der Waals surface area contributed by atoms with Gasteiger partial charge in [-0.3, -0.25) is 0 Å². The summed E-state index contributed by atoms with van der Waals surface area (Å²) in [6.07, 6.45) is 2.35. The van der Waals surface area contributed by atoms with Gasteiger partial charge in [0.2, 0.25) is 0 Å². The van der Waals surface area contributed by atoms with Crippen LogP contribution in [-0.4, -0.2) is 9.97 Å². The Bertz CT molecular complexity index is 290. The number of nitrogens with zero attached hydrogens (tertiary/aromatic N) is 1. The lowest BCUT2D eigenvalue weighted by atomic mass is 9.82. The molecule has 2 unspecified atom stereocenters. The number of fused-ring (bicyclic) bond motifs is 1. The molecule has 0 amide bonds. The first-order chi connectivity index (χ1) is 5.68. The molecular weight excluding hydrogens is 150 g/mol. The van der Waals surface area contributed by atoms with Crippen molar-refractivity contribution < 1.29 is 0 Å². The number of aromatic nitrogens is 2. The molecule has 0 radical (unpaired) electrons. The largest absolute Gasteiger partial charge is 0.369 e. The van der Waals surface area contributed by atoms with E-state index in [1.54, 1.807) is 0 Å². The molecule has 3 N–H and O–H groups in total. The summed E-state index contributed by atoms with van der Waals surface area (Å²) in [7, 11) is 0. The minimum absolute atomic E-state index is 0.558. The van der Waals surface area contributed by atoms with Crippen LogP contribution in [0.3, 0.4) is 0 Å². The van der Waals surface area contributed by atoms with E-state index < -0.39 is 0 Å². The monoisotopic (exact) mass is 165 g/mol. The van der Waals surface area contributed by atoms with E-state index in [4.69, 9.17) is 5.73 Å². The summed E-state index contributed by atoms with van der Waals surface area (Å²) in [4.78, 5) is 7.42. The maximum atomic E-state index is 5.60. The van der Waals surface area contributed by atoms with Crippen LogP contribution in [0.2, 0.25) is 0 Å². The van der Waals surface area contributed by atoms with Crippen molar-refractivity contribution in [1.29, 1.82) is 0 Å². The molecule has 0 bridgehead atoms. The minimum Gasteiger partial charge on any atom is -0.369 e. The average molecular weight is 165 g/mol. The standard InChI is InChI=1S/C9H15N3/c1-5-3-4-7-8(6(5)2)12-9(10)11-7/h5-6H,3-4H2,1-2H3,(H3,10,11,12). The zero-order valence-corrected chi connectivity index (χ0v) is 7.59. The number of anilines is 1. The van der Waals surface area contributed by atoms with Gasteiger partial charge in [-0.1, -0.05) is 13.8 Å². The third kappa shape index (κ3) is 1.00. The van der Waals surface area contributed by atoms with Crippen LogP contribution >= 0.6 is 0 Å². The van der Waals surface area contributed by atoms with E-state index in [9.17, 15) is 0 Å². The van der Waals surface area contributed by atoms with E-state index >= 15 is 0 Å². The number of nitrogens with two attached hydrogens (primary N) is 1. The van der Waals surface area contributed by atoms with Gasteiger partial charge in [-0.25, -0.2) is 4.98 Å². The molecule has 3 nitrogen and oxygen atoms in total. The summed E-state index contributed by atoms with van der Waals surface area (Å²) in [5.74, 6) is 1.86. The van der Waals surface area contributed by atoms with E-state index in [1.165, 1.54) is 17.8 Å². The molecule has 0 spiro atoms. The normalized spacial score (nSPS) is 28.5. The van der Waals surface area contributed by atoms with Crippen LogP contribution in [0.5, 0.6) is 0 Å². The topological polar surface area (TPSA) is 54.7 Å². The van der Waals surface area contributed by atoms with Crippen molar-refractivity contribution in [2.75, 3.05) is 5.73 Å². The number of aromatic amines is 1. The number of hydrogen-bond donors (Lipinski definition) is 2. The number of rotatable bonds is 0. The van der Waals surface area contributed by atoms with Crippen LogP contribution in [0.1, 0.15) is 37.6 Å². The van der Waals surface area contributed by atoms with Crippen LogP contribution in [0.4, 0.5) is 5.95 Å². The number of nitrogens with one attached hydrogen (secondary N) is 1. The number of hydrogen-bond acceptors (Lipinski definition) is 2. The highest BCUT2D eigenvalue weighted by Gasteiger charge is 2.25. The van der Waals surface area contributed by atoms with Crippen molar-refractivity contribution in [2.45, 2.75) is 32.6 Å². The van der Waals surface area contributed by atoms with Crippen LogP contribution in [-0.2, 0) is 6.42 Å². The number of aryl methyl sites for hydroxylation is 1. The van der Waals surface area contributed by atoms with E-state index in [1.807, 2.05) is 0 Å². The van der Waals surface area contributed by atoms with Crippen molar-refractivity contribution >= 4 is 5.95 Å². The molecule has 0 aromatic carbocycles. The summed E-state index contributed by atoms with van der Waals surface area (Å²) in [5, 5.41) is 0. The predicted molar refractivity (Wildman–Crippen MR) is 48.9 cm³/mol. The molecule has 1 aromatic heterocycles. The maximum absolute atomic E-state index is 5.60. The highest BCUT2D eigenvalue weighted by atomic mass is 15.0. The van der Waals surface area contributed by atoms with Crippen LogP contribution < -0.4 is 5.73 Å². The van der Waals surface area contributed by atoms with Crippen LogP contribution in [0.25, 0.3) is 0 Å². The highest BCUT2D eigenvalue weighted by molar-refractivity contribution is 5.30. The summed E-state index contributed by atoms with van der Waals surface area (Å²) in [6, 6.07) is 0. The van der Waals surface area contributed by atoms with Crippen molar-refractivity contribution in [1.82, 2.24) is 9.97 Å². The fourth-order valence-electron chi connectivity index (χ4n) is 1.90. The molecular formula is C9H15N3. The fourth-order valence-corrected chi connectivity index (χ4v) is 1.90. The minimum atomic E-state index is 0.558. The van der Waals surface area contributed by atoms with E-state index in [0.29, 0.717) is 11.9 Å². The van der Waals surface area contributed by atoms with Gasteiger partial charge in [0.15, 0.2) is 5.95 Å². The van der Waals surface area contributed by atoms with Gasteiger partial charge < -0.3 is 10.7 Å². The second-order valence-corrected chi connectivity index (χ2v) is 3.79. The van der Waals surface area contributed by atoms with Gasteiger partial charge in [-0.2, -0.15) is 0 Å². The Hall–Kier alpha value is -0.990. The smallest absolute Gasteiger partial charge is 0.197 e. The molecule has 0 aliphatic heterocycles. The number of H-pyrrole nitrogens is 1. The molecule has 1 aliphatic rings. The molecule has 2 atom stereocenters. The summed E-state index contributed by atoms with van der Waals surface area (Å²) >= 11 is 0. The highest BCUT2D eigenvalue weighted by Crippen LogP contribution is 2.34. The first-order valence-electron chi connectivity index (χ1n) is 4.52. The third-order valence-corrected chi connectivity index (χ3v) is 2.96. The Morgan fingerprint density at radius 3 is 3.00 bits per heavy atom. The summed E-state index contributed by atoms with van der Waals surface area (Å²) in [5.41, 5.74) is 8.03. The molecule has 1 heterocycles. The van der Waals surface area contributed by atoms with Gasteiger partial charge in [-0.15, -0.1) is 0 Å². The van der Waals surface area contributed by atoms with Gasteiger partial charge >= 0.3 is 0 Å². The van der Waals surface area contributed by atoms with E-state index in [-0.39, 0.29) is 0 Å². The van der Waals surface area contributed by atoms with Crippen molar-refractivity contribution in [3.8, 4) is 0 Å². The molecule has 0 fully saturated rings. The second kappa shape index (κ2) is 2.51. The zero-order valence-electron chi connectivity index (χ0n) is 7.59. The van der Waals surface area contributed by atoms with E-state index in [0.717, 1.165) is 12.3 Å². The number of imidazole rings is 1. The zero-order chi connectivity index (χ0) is 8.72. The molecule has 2 rings (SSSR count). The third-order valence-electron chi connectivity index (χ3n) is 2.96. The van der Waals surface area contributed by atoms with Gasteiger partial charge in [0, 0.05) is 11.6 Å². The molecule has 0 saturated heterocycles. The van der Waals surface area contributed by atoms with Gasteiger partial charge in [-0.05, 0) is 18.8 Å². The maximum Gasteiger partial charge on any atom is 0.197 e. The van der Waals surface area contributed by atoms with Gasteiger partial charge in [0.1, 0.15) is 0 Å². The Balaban J connectivity index is 2.41. The predicted octanol–water partition coefficient (Wildman–Crippen LogP) is 1.68. The lowest BCUT2D eigenvalue weighted by molar-refractivity contribution is 0.417. The Morgan fingerprint density at radius 2 is 2.25 bits per heavy atom.